The molecule has 3 amide bonds. The normalized spacial score (nSPS) is 23.9. The Morgan fingerprint density at radius 2 is 1.77 bits per heavy atom. The molecule has 250 valence electrons. The Labute approximate surface area is 272 Å². The Morgan fingerprint density at radius 1 is 1.13 bits per heavy atom. The van der Waals surface area contributed by atoms with Crippen LogP contribution in [-0.2, 0) is 24.6 Å². The highest BCUT2D eigenvalue weighted by Crippen LogP contribution is 2.53. The van der Waals surface area contributed by atoms with Crippen LogP contribution >= 0.6 is 11.6 Å². The number of nitrogens with one attached hydrogen (secondary N) is 2. The number of rotatable bonds is 7. The molecular formula is C30H34ClF3N10O3. The van der Waals surface area contributed by atoms with Crippen LogP contribution in [0.15, 0.2) is 42.7 Å². The molecule has 1 unspecified atom stereocenters. The summed E-state index contributed by atoms with van der Waals surface area (Å²) >= 11 is 6.46. The molecule has 3 aliphatic rings. The van der Waals surface area contributed by atoms with Crippen LogP contribution in [0.5, 0.6) is 0 Å². The van der Waals surface area contributed by atoms with Gasteiger partial charge in [0.2, 0.25) is 5.91 Å². The third-order valence-corrected chi connectivity index (χ3v) is 9.47. The van der Waals surface area contributed by atoms with Crippen LogP contribution in [0.1, 0.15) is 33.6 Å². The zero-order chi connectivity index (χ0) is 34.1. The number of anilines is 1. The van der Waals surface area contributed by atoms with E-state index in [1.54, 1.807) is 16.7 Å². The van der Waals surface area contributed by atoms with Gasteiger partial charge in [-0.05, 0) is 25.1 Å². The Hall–Kier alpha value is -4.25. The minimum Gasteiger partial charge on any atom is -0.339 e. The van der Waals surface area contributed by atoms with Gasteiger partial charge in [0.1, 0.15) is 0 Å². The van der Waals surface area contributed by atoms with Crippen molar-refractivity contribution in [3.8, 4) is 11.3 Å². The summed E-state index contributed by atoms with van der Waals surface area (Å²) in [5, 5.41) is 9.52. The van der Waals surface area contributed by atoms with E-state index in [1.165, 1.54) is 42.2 Å². The fraction of sp³-hybridized carbons (Fsp3) is 0.433. The van der Waals surface area contributed by atoms with Gasteiger partial charge in [0, 0.05) is 58.2 Å². The van der Waals surface area contributed by atoms with Gasteiger partial charge in [-0.25, -0.2) is 4.98 Å². The number of fused-ring (bicyclic) bond motifs is 1. The average Bonchev–Trinajstić information content (AvgIpc) is 3.45. The van der Waals surface area contributed by atoms with Crippen molar-refractivity contribution in [3.05, 3.63) is 64.8 Å². The zero-order valence-corrected chi connectivity index (χ0v) is 26.5. The largest absolute Gasteiger partial charge is 0.435 e. The summed E-state index contributed by atoms with van der Waals surface area (Å²) in [5.41, 5.74) is 11.0. The average molecular weight is 675 g/mol. The molecule has 0 spiro atoms. The number of allylic oxidation sites excluding steroid dienone is 1. The van der Waals surface area contributed by atoms with Crippen LogP contribution in [0.2, 0.25) is 5.02 Å². The summed E-state index contributed by atoms with van der Waals surface area (Å²) in [6, 6.07) is 4.37. The highest BCUT2D eigenvalue weighted by Gasteiger charge is 2.78. The molecule has 3 atom stereocenters. The summed E-state index contributed by atoms with van der Waals surface area (Å²) in [6.45, 7) is 7.70. The maximum Gasteiger partial charge on any atom is 0.435 e. The number of nitrogens with zero attached hydrogens (tertiary/aromatic N) is 6. The number of hydrogen-bond donors (Lipinski definition) is 4. The fourth-order valence-corrected chi connectivity index (χ4v) is 6.84. The number of imidazole rings is 1. The standard InChI is InChI=1S/C30H34ClF3N10O3/c1-16(2)12-44-13-19(23(40-44)30(32,33)34)21-11-38-24(41(21)3)25(45)39-17-4-5-18(20(31)10-17)26(46)42-6-8-43(9-7-42)27(47)22-28(35)14-37-15-29(22,28)36/h4-5,10-11,13,22,37H,1,6-9,12,14-15,35-36H2,2-3H3,(H,39,45)/t22?,28-,29+. The predicted octanol–water partition coefficient (Wildman–Crippen LogP) is 1.70. The van der Waals surface area contributed by atoms with Gasteiger partial charge in [-0.3, -0.25) is 19.1 Å². The second-order valence-corrected chi connectivity index (χ2v) is 12.9. The Balaban J connectivity index is 1.10. The van der Waals surface area contributed by atoms with Crippen molar-refractivity contribution >= 4 is 35.0 Å². The smallest absolute Gasteiger partial charge is 0.339 e. The van der Waals surface area contributed by atoms with Crippen molar-refractivity contribution in [2.75, 3.05) is 44.6 Å². The van der Waals surface area contributed by atoms with Crippen LogP contribution in [0.3, 0.4) is 0 Å². The third kappa shape index (κ3) is 5.58. The number of carbonyl (C=O) groups excluding carboxylic acids is 3. The van der Waals surface area contributed by atoms with Crippen LogP contribution < -0.4 is 22.1 Å². The molecule has 4 heterocycles. The molecule has 1 aliphatic carbocycles. The monoisotopic (exact) mass is 674 g/mol. The van der Waals surface area contributed by atoms with E-state index in [0.29, 0.717) is 44.8 Å². The number of carbonyl (C=O) groups is 3. The minimum atomic E-state index is -4.74. The topological polar surface area (TPSA) is 169 Å². The lowest BCUT2D eigenvalue weighted by Gasteiger charge is -2.35. The number of benzene rings is 1. The molecule has 2 saturated heterocycles. The first-order valence-corrected chi connectivity index (χ1v) is 15.2. The van der Waals surface area contributed by atoms with Gasteiger partial charge >= 0.3 is 6.18 Å². The first-order valence-electron chi connectivity index (χ1n) is 14.8. The minimum absolute atomic E-state index is 0.0401. The number of alkyl halides is 3. The van der Waals surface area contributed by atoms with E-state index in [2.05, 4.69) is 27.3 Å². The molecule has 2 aromatic heterocycles. The molecule has 0 bridgehead atoms. The zero-order valence-electron chi connectivity index (χ0n) is 25.7. The van der Waals surface area contributed by atoms with Crippen molar-refractivity contribution in [1.82, 2.24) is 34.4 Å². The molecule has 3 aromatic rings. The molecule has 6 rings (SSSR count). The van der Waals surface area contributed by atoms with Gasteiger partial charge in [-0.2, -0.15) is 18.3 Å². The number of piperidine rings is 1. The van der Waals surface area contributed by atoms with Crippen LogP contribution in [0.25, 0.3) is 11.3 Å². The molecular weight excluding hydrogens is 641 g/mol. The first-order chi connectivity index (χ1) is 22.0. The Bertz CT molecular complexity index is 1780. The molecule has 47 heavy (non-hydrogen) atoms. The molecule has 1 saturated carbocycles. The van der Waals surface area contributed by atoms with E-state index in [-0.39, 0.29) is 51.7 Å². The number of piperazine rings is 1. The lowest BCUT2D eigenvalue weighted by Crippen LogP contribution is -2.52. The fourth-order valence-electron chi connectivity index (χ4n) is 6.58. The molecule has 0 radical (unpaired) electrons. The summed E-state index contributed by atoms with van der Waals surface area (Å²) < 4.78 is 43.7. The Kier molecular flexibility index (Phi) is 7.97. The van der Waals surface area contributed by atoms with Crippen molar-refractivity contribution in [2.24, 2.45) is 24.4 Å². The number of aromatic nitrogens is 4. The van der Waals surface area contributed by atoms with E-state index in [9.17, 15) is 27.6 Å². The third-order valence-electron chi connectivity index (χ3n) is 9.16. The van der Waals surface area contributed by atoms with Gasteiger partial charge < -0.3 is 36.5 Å². The van der Waals surface area contributed by atoms with Crippen LogP contribution in [-0.4, -0.2) is 97.2 Å². The second kappa shape index (κ2) is 11.5. The lowest BCUT2D eigenvalue weighted by atomic mass is 10.1. The van der Waals surface area contributed by atoms with E-state index < -0.39 is 34.8 Å². The van der Waals surface area contributed by atoms with E-state index in [4.69, 9.17) is 23.1 Å². The first kappa shape index (κ1) is 32.7. The summed E-state index contributed by atoms with van der Waals surface area (Å²) in [6.07, 6.45) is -2.33. The second-order valence-electron chi connectivity index (χ2n) is 12.5. The maximum atomic E-state index is 13.8. The molecule has 2 aliphatic heterocycles. The van der Waals surface area contributed by atoms with Crippen molar-refractivity contribution in [1.29, 1.82) is 0 Å². The number of nitrogens with two attached hydrogens (primary N) is 2. The Morgan fingerprint density at radius 3 is 2.36 bits per heavy atom. The maximum absolute atomic E-state index is 13.8. The van der Waals surface area contributed by atoms with Gasteiger partial charge in [-0.15, -0.1) is 0 Å². The van der Waals surface area contributed by atoms with Crippen molar-refractivity contribution in [3.63, 3.8) is 0 Å². The number of amides is 3. The highest BCUT2D eigenvalue weighted by atomic mass is 35.5. The molecule has 17 heteroatoms. The molecule has 13 nitrogen and oxygen atoms in total. The van der Waals surface area contributed by atoms with E-state index in [1.807, 2.05) is 0 Å². The number of hydrogen-bond acceptors (Lipinski definition) is 8. The highest BCUT2D eigenvalue weighted by molar-refractivity contribution is 6.34. The van der Waals surface area contributed by atoms with Crippen LogP contribution in [0, 0.1) is 5.92 Å². The van der Waals surface area contributed by atoms with Crippen LogP contribution in [0.4, 0.5) is 18.9 Å². The number of halogens is 4. The van der Waals surface area contributed by atoms with E-state index >= 15 is 0 Å². The van der Waals surface area contributed by atoms with Crippen molar-refractivity contribution < 1.29 is 27.6 Å². The van der Waals surface area contributed by atoms with Crippen molar-refractivity contribution in [2.45, 2.75) is 30.7 Å². The van der Waals surface area contributed by atoms with Gasteiger partial charge in [-0.1, -0.05) is 23.8 Å². The van der Waals surface area contributed by atoms with Gasteiger partial charge in [0.25, 0.3) is 11.8 Å². The summed E-state index contributed by atoms with van der Waals surface area (Å²) in [4.78, 5) is 46.9. The van der Waals surface area contributed by atoms with Gasteiger partial charge in [0.15, 0.2) is 11.5 Å². The SMILES string of the molecule is C=C(C)Cn1cc(-c2cnc(C(=O)Nc3ccc(C(=O)N4CCN(C(=O)C5[C@]6(N)CNC[C@]56N)CC4)c(Cl)c3)n2C)c(C(F)(F)F)n1. The summed E-state index contributed by atoms with van der Waals surface area (Å²) in [7, 11) is 1.42. The predicted molar refractivity (Wildman–Crippen MR) is 166 cm³/mol. The molecule has 3 fully saturated rings. The molecule has 1 aromatic carbocycles. The summed E-state index contributed by atoms with van der Waals surface area (Å²) in [5.74, 6) is -1.74. The quantitative estimate of drug-likeness (QED) is 0.275. The van der Waals surface area contributed by atoms with Gasteiger partial charge in [0.05, 0.1) is 51.6 Å². The lowest BCUT2D eigenvalue weighted by molar-refractivity contribution is -0.141. The molecule has 6 N–H and O–H groups in total. The van der Waals surface area contributed by atoms with E-state index in [0.717, 1.165) is 4.68 Å².